The maximum absolute atomic E-state index is 11.9. The van der Waals surface area contributed by atoms with Gasteiger partial charge in [-0.1, -0.05) is 0 Å². The van der Waals surface area contributed by atoms with Crippen molar-refractivity contribution in [2.45, 2.75) is 13.0 Å². The van der Waals surface area contributed by atoms with E-state index >= 15 is 0 Å². The zero-order valence-electron chi connectivity index (χ0n) is 11.3. The smallest absolute Gasteiger partial charge is 0.274 e. The van der Waals surface area contributed by atoms with Gasteiger partial charge in [-0.3, -0.25) is 19.8 Å². The molecule has 6 heteroatoms. The van der Waals surface area contributed by atoms with Gasteiger partial charge in [0.15, 0.2) is 0 Å². The van der Waals surface area contributed by atoms with E-state index in [9.17, 15) is 9.59 Å². The molecule has 1 aromatic heterocycles. The quantitative estimate of drug-likeness (QED) is 0.778. The van der Waals surface area contributed by atoms with Crippen molar-refractivity contribution in [2.24, 2.45) is 7.05 Å². The van der Waals surface area contributed by atoms with E-state index in [0.29, 0.717) is 11.7 Å². The van der Waals surface area contributed by atoms with Gasteiger partial charge < -0.3 is 9.88 Å². The zero-order chi connectivity index (χ0) is 13.8. The lowest BCUT2D eigenvalue weighted by molar-refractivity contribution is -0.122. The lowest BCUT2D eigenvalue weighted by Crippen LogP contribution is -2.53. The molecule has 2 rings (SSSR count). The van der Waals surface area contributed by atoms with Gasteiger partial charge in [0, 0.05) is 38.9 Å². The molecule has 1 atom stereocenters. The van der Waals surface area contributed by atoms with Crippen molar-refractivity contribution >= 4 is 11.8 Å². The SMILES string of the molecule is C[C@H]1CNCCN1CC(=O)NC(=O)c1cccn1C. The number of aromatic nitrogens is 1. The predicted molar refractivity (Wildman–Crippen MR) is 71.8 cm³/mol. The second kappa shape index (κ2) is 5.99. The molecule has 0 spiro atoms. The molecule has 1 fully saturated rings. The number of nitrogens with one attached hydrogen (secondary N) is 2. The first-order valence-corrected chi connectivity index (χ1v) is 6.48. The van der Waals surface area contributed by atoms with E-state index in [1.54, 1.807) is 29.9 Å². The molecule has 2 heterocycles. The Labute approximate surface area is 112 Å². The van der Waals surface area contributed by atoms with E-state index in [-0.39, 0.29) is 18.4 Å². The number of nitrogens with zero attached hydrogens (tertiary/aromatic N) is 2. The average molecular weight is 264 g/mol. The molecular formula is C13H20N4O2. The number of aryl methyl sites for hydroxylation is 1. The normalized spacial score (nSPS) is 20.2. The van der Waals surface area contributed by atoms with Crippen LogP contribution < -0.4 is 10.6 Å². The van der Waals surface area contributed by atoms with Crippen molar-refractivity contribution in [1.29, 1.82) is 0 Å². The topological polar surface area (TPSA) is 66.4 Å². The van der Waals surface area contributed by atoms with Crippen molar-refractivity contribution in [1.82, 2.24) is 20.1 Å². The molecule has 1 aromatic rings. The van der Waals surface area contributed by atoms with E-state index < -0.39 is 0 Å². The summed E-state index contributed by atoms with van der Waals surface area (Å²) in [4.78, 5) is 25.8. The Morgan fingerprint density at radius 1 is 1.53 bits per heavy atom. The van der Waals surface area contributed by atoms with Crippen molar-refractivity contribution in [3.8, 4) is 0 Å². The summed E-state index contributed by atoms with van der Waals surface area (Å²) in [7, 11) is 1.78. The Hall–Kier alpha value is -1.66. The molecule has 0 aliphatic carbocycles. The molecule has 19 heavy (non-hydrogen) atoms. The lowest BCUT2D eigenvalue weighted by atomic mass is 10.2. The summed E-state index contributed by atoms with van der Waals surface area (Å²) in [6.45, 7) is 4.91. The number of imide groups is 1. The second-order valence-electron chi connectivity index (χ2n) is 4.91. The standard InChI is InChI=1S/C13H20N4O2/c1-10-8-14-5-7-17(10)9-12(18)15-13(19)11-4-3-6-16(11)2/h3-4,6,10,14H,5,7-9H2,1-2H3,(H,15,18,19)/t10-/m0/s1. The van der Waals surface area contributed by atoms with Crippen LogP contribution in [0.4, 0.5) is 0 Å². The highest BCUT2D eigenvalue weighted by Gasteiger charge is 2.21. The highest BCUT2D eigenvalue weighted by atomic mass is 16.2. The minimum absolute atomic E-state index is 0.250. The maximum atomic E-state index is 11.9. The third-order valence-corrected chi connectivity index (χ3v) is 3.41. The van der Waals surface area contributed by atoms with Crippen LogP contribution in [0.25, 0.3) is 0 Å². The predicted octanol–water partition coefficient (Wildman–Crippen LogP) is -0.425. The minimum Gasteiger partial charge on any atom is -0.347 e. The number of piperazine rings is 1. The van der Waals surface area contributed by atoms with Gasteiger partial charge in [0.1, 0.15) is 5.69 Å². The Kier molecular flexibility index (Phi) is 4.34. The lowest BCUT2D eigenvalue weighted by Gasteiger charge is -2.33. The molecule has 1 aliphatic heterocycles. The van der Waals surface area contributed by atoms with Crippen molar-refractivity contribution in [3.05, 3.63) is 24.0 Å². The van der Waals surface area contributed by atoms with Crippen molar-refractivity contribution in [3.63, 3.8) is 0 Å². The first-order chi connectivity index (χ1) is 9.08. The largest absolute Gasteiger partial charge is 0.347 e. The second-order valence-corrected chi connectivity index (χ2v) is 4.91. The summed E-state index contributed by atoms with van der Waals surface area (Å²) in [5.41, 5.74) is 0.488. The number of carbonyl (C=O) groups is 2. The molecule has 0 aromatic carbocycles. The van der Waals surface area contributed by atoms with Crippen LogP contribution in [0.15, 0.2) is 18.3 Å². The first-order valence-electron chi connectivity index (χ1n) is 6.48. The molecule has 104 valence electrons. The summed E-state index contributed by atoms with van der Waals surface area (Å²) in [6.07, 6.45) is 1.78. The zero-order valence-corrected chi connectivity index (χ0v) is 11.3. The Balaban J connectivity index is 1.87. The van der Waals surface area contributed by atoms with Crippen LogP contribution in [0.5, 0.6) is 0 Å². The Bertz CT molecular complexity index is 469. The molecule has 1 aliphatic rings. The van der Waals surface area contributed by atoms with E-state index in [2.05, 4.69) is 22.5 Å². The third kappa shape index (κ3) is 3.42. The fourth-order valence-corrected chi connectivity index (χ4v) is 2.23. The van der Waals surface area contributed by atoms with Crippen LogP contribution in [-0.4, -0.2) is 53.5 Å². The molecule has 0 unspecified atom stereocenters. The molecular weight excluding hydrogens is 244 g/mol. The molecule has 2 N–H and O–H groups in total. The third-order valence-electron chi connectivity index (χ3n) is 3.41. The van der Waals surface area contributed by atoms with Crippen molar-refractivity contribution in [2.75, 3.05) is 26.2 Å². The van der Waals surface area contributed by atoms with Crippen LogP contribution in [0.2, 0.25) is 0 Å². The summed E-state index contributed by atoms with van der Waals surface area (Å²) < 4.78 is 1.69. The number of hydrogen-bond acceptors (Lipinski definition) is 4. The molecule has 6 nitrogen and oxygen atoms in total. The van der Waals surface area contributed by atoms with E-state index in [1.807, 2.05) is 0 Å². The van der Waals surface area contributed by atoms with Gasteiger partial charge in [-0.15, -0.1) is 0 Å². The van der Waals surface area contributed by atoms with Gasteiger partial charge in [-0.25, -0.2) is 0 Å². The van der Waals surface area contributed by atoms with Gasteiger partial charge in [-0.05, 0) is 19.1 Å². The van der Waals surface area contributed by atoms with Crippen LogP contribution in [0.3, 0.4) is 0 Å². The number of rotatable bonds is 3. The minimum atomic E-state index is -0.347. The number of hydrogen-bond donors (Lipinski definition) is 2. The van der Waals surface area contributed by atoms with Gasteiger partial charge in [-0.2, -0.15) is 0 Å². The van der Waals surface area contributed by atoms with Gasteiger partial charge in [0.2, 0.25) is 5.91 Å². The fraction of sp³-hybridized carbons (Fsp3) is 0.538. The average Bonchev–Trinajstić information content (AvgIpc) is 2.78. The van der Waals surface area contributed by atoms with Crippen LogP contribution in [0, 0.1) is 0 Å². The Morgan fingerprint density at radius 2 is 2.32 bits per heavy atom. The summed E-state index contributed by atoms with van der Waals surface area (Å²) >= 11 is 0. The van der Waals surface area contributed by atoms with Crippen LogP contribution in [0.1, 0.15) is 17.4 Å². The van der Waals surface area contributed by atoms with E-state index in [4.69, 9.17) is 0 Å². The monoisotopic (exact) mass is 264 g/mol. The first kappa shape index (κ1) is 13.8. The molecule has 0 saturated carbocycles. The summed E-state index contributed by atoms with van der Waals surface area (Å²) in [6, 6.07) is 3.78. The molecule has 2 amide bonds. The Morgan fingerprint density at radius 3 is 2.95 bits per heavy atom. The van der Waals surface area contributed by atoms with Gasteiger partial charge in [0.25, 0.3) is 5.91 Å². The van der Waals surface area contributed by atoms with Crippen LogP contribution >= 0.6 is 0 Å². The number of carbonyl (C=O) groups excluding carboxylic acids is 2. The fourth-order valence-electron chi connectivity index (χ4n) is 2.23. The number of amides is 2. The highest BCUT2D eigenvalue weighted by Crippen LogP contribution is 2.02. The maximum Gasteiger partial charge on any atom is 0.274 e. The summed E-state index contributed by atoms with van der Waals surface area (Å²) in [5.74, 6) is -0.597. The van der Waals surface area contributed by atoms with E-state index in [1.165, 1.54) is 0 Å². The molecule has 0 bridgehead atoms. The van der Waals surface area contributed by atoms with Crippen molar-refractivity contribution < 1.29 is 9.59 Å². The van der Waals surface area contributed by atoms with Gasteiger partial charge in [0.05, 0.1) is 6.54 Å². The van der Waals surface area contributed by atoms with Gasteiger partial charge >= 0.3 is 0 Å². The molecule has 0 radical (unpaired) electrons. The van der Waals surface area contributed by atoms with Crippen LogP contribution in [-0.2, 0) is 11.8 Å². The highest BCUT2D eigenvalue weighted by molar-refractivity contribution is 6.04. The molecule has 1 saturated heterocycles. The summed E-state index contributed by atoms with van der Waals surface area (Å²) in [5, 5.41) is 5.69. The van der Waals surface area contributed by atoms with E-state index in [0.717, 1.165) is 19.6 Å².